The normalized spacial score (nSPS) is 18.8. The summed E-state index contributed by atoms with van der Waals surface area (Å²) in [5, 5.41) is 0. The first-order valence-corrected chi connectivity index (χ1v) is 5.47. The van der Waals surface area contributed by atoms with Crippen molar-refractivity contribution in [3.63, 3.8) is 0 Å². The first-order valence-electron chi connectivity index (χ1n) is 5.47. The molecule has 0 atom stereocenters. The van der Waals surface area contributed by atoms with Crippen LogP contribution in [0.3, 0.4) is 0 Å². The molecule has 0 unspecified atom stereocenters. The molecular weight excluding hydrogens is 160 g/mol. The third kappa shape index (κ3) is 3.92. The highest BCUT2D eigenvalue weighted by Crippen LogP contribution is 2.10. The Morgan fingerprint density at radius 2 is 2.31 bits per heavy atom. The van der Waals surface area contributed by atoms with E-state index in [1.165, 1.54) is 44.3 Å². The van der Waals surface area contributed by atoms with Gasteiger partial charge in [0.1, 0.15) is 0 Å². The molecule has 0 aromatic rings. The molecule has 0 fully saturated rings. The van der Waals surface area contributed by atoms with Gasteiger partial charge in [0.2, 0.25) is 0 Å². The molecule has 1 heterocycles. The number of nitrogens with two attached hydrogens (primary N) is 1. The minimum atomic E-state index is 0.753. The molecule has 1 aliphatic heterocycles. The fourth-order valence-electron chi connectivity index (χ4n) is 1.73. The molecule has 0 saturated carbocycles. The third-order valence-corrected chi connectivity index (χ3v) is 2.73. The molecule has 0 spiro atoms. The first kappa shape index (κ1) is 10.7. The summed E-state index contributed by atoms with van der Waals surface area (Å²) in [7, 11) is 0. The van der Waals surface area contributed by atoms with Gasteiger partial charge in [-0.15, -0.1) is 0 Å². The molecule has 2 nitrogen and oxygen atoms in total. The van der Waals surface area contributed by atoms with Gasteiger partial charge in [0, 0.05) is 19.6 Å². The number of hydrogen-bond acceptors (Lipinski definition) is 2. The topological polar surface area (TPSA) is 29.3 Å². The minimum Gasteiger partial charge on any atom is -0.327 e. The Kier molecular flexibility index (Phi) is 5.09. The van der Waals surface area contributed by atoms with Crippen molar-refractivity contribution in [2.24, 2.45) is 5.73 Å². The molecule has 13 heavy (non-hydrogen) atoms. The van der Waals surface area contributed by atoms with Gasteiger partial charge in [0.15, 0.2) is 0 Å². The SMILES string of the molecule is CCCCCN1CC=C(CN)CC1. The van der Waals surface area contributed by atoms with Crippen molar-refractivity contribution in [1.82, 2.24) is 4.90 Å². The van der Waals surface area contributed by atoms with Gasteiger partial charge in [0.05, 0.1) is 0 Å². The summed E-state index contributed by atoms with van der Waals surface area (Å²) in [5.74, 6) is 0. The van der Waals surface area contributed by atoms with Gasteiger partial charge in [0.25, 0.3) is 0 Å². The molecule has 2 heteroatoms. The quantitative estimate of drug-likeness (QED) is 0.518. The van der Waals surface area contributed by atoms with Gasteiger partial charge in [-0.25, -0.2) is 0 Å². The Bertz CT molecular complexity index is 163. The Hall–Kier alpha value is -0.340. The maximum atomic E-state index is 5.58. The second-order valence-electron chi connectivity index (χ2n) is 3.82. The minimum absolute atomic E-state index is 0.753. The van der Waals surface area contributed by atoms with Gasteiger partial charge < -0.3 is 5.73 Å². The summed E-state index contributed by atoms with van der Waals surface area (Å²) in [6, 6.07) is 0. The standard InChI is InChI=1S/C11H22N2/c1-2-3-4-7-13-8-5-11(10-12)6-9-13/h5H,2-4,6-10,12H2,1H3. The molecule has 1 rings (SSSR count). The van der Waals surface area contributed by atoms with Crippen molar-refractivity contribution in [2.75, 3.05) is 26.2 Å². The van der Waals surface area contributed by atoms with Gasteiger partial charge >= 0.3 is 0 Å². The van der Waals surface area contributed by atoms with Crippen LogP contribution in [0.15, 0.2) is 11.6 Å². The average molecular weight is 182 g/mol. The van der Waals surface area contributed by atoms with Crippen molar-refractivity contribution < 1.29 is 0 Å². The fraction of sp³-hybridized carbons (Fsp3) is 0.818. The van der Waals surface area contributed by atoms with Gasteiger partial charge in [-0.1, -0.05) is 31.4 Å². The zero-order valence-electron chi connectivity index (χ0n) is 8.76. The van der Waals surface area contributed by atoms with E-state index in [9.17, 15) is 0 Å². The Morgan fingerprint density at radius 1 is 1.46 bits per heavy atom. The van der Waals surface area contributed by atoms with E-state index >= 15 is 0 Å². The zero-order chi connectivity index (χ0) is 9.52. The lowest BCUT2D eigenvalue weighted by molar-refractivity contribution is 0.286. The molecule has 1 aliphatic rings. The maximum Gasteiger partial charge on any atom is 0.0166 e. The van der Waals surface area contributed by atoms with E-state index < -0.39 is 0 Å². The molecule has 0 amide bonds. The number of hydrogen-bond donors (Lipinski definition) is 1. The van der Waals surface area contributed by atoms with E-state index in [0.717, 1.165) is 13.1 Å². The first-order chi connectivity index (χ1) is 6.36. The molecule has 0 radical (unpaired) electrons. The van der Waals surface area contributed by atoms with E-state index in [2.05, 4.69) is 17.9 Å². The Labute approximate surface area is 81.8 Å². The van der Waals surface area contributed by atoms with E-state index in [1.807, 2.05) is 0 Å². The smallest absolute Gasteiger partial charge is 0.0166 e. The molecule has 0 aromatic carbocycles. The van der Waals surface area contributed by atoms with Crippen LogP contribution in [-0.4, -0.2) is 31.1 Å². The molecule has 0 saturated heterocycles. The lowest BCUT2D eigenvalue weighted by Crippen LogP contribution is -2.30. The number of unbranched alkanes of at least 4 members (excludes halogenated alkanes) is 2. The third-order valence-electron chi connectivity index (χ3n) is 2.73. The Balaban J connectivity index is 2.14. The van der Waals surface area contributed by atoms with Crippen LogP contribution in [-0.2, 0) is 0 Å². The lowest BCUT2D eigenvalue weighted by Gasteiger charge is -2.25. The zero-order valence-corrected chi connectivity index (χ0v) is 8.76. The maximum absolute atomic E-state index is 5.58. The van der Waals surface area contributed by atoms with Crippen LogP contribution < -0.4 is 5.73 Å². The monoisotopic (exact) mass is 182 g/mol. The van der Waals surface area contributed by atoms with Crippen molar-refractivity contribution in [3.05, 3.63) is 11.6 Å². The van der Waals surface area contributed by atoms with Crippen LogP contribution in [0.5, 0.6) is 0 Å². The summed E-state index contributed by atoms with van der Waals surface area (Å²) >= 11 is 0. The summed E-state index contributed by atoms with van der Waals surface area (Å²) in [5.41, 5.74) is 7.02. The average Bonchev–Trinajstić information content (AvgIpc) is 2.19. The molecule has 0 aromatic heterocycles. The second kappa shape index (κ2) is 6.17. The largest absolute Gasteiger partial charge is 0.327 e. The van der Waals surface area contributed by atoms with Crippen LogP contribution in [0.4, 0.5) is 0 Å². The molecule has 2 N–H and O–H groups in total. The summed E-state index contributed by atoms with van der Waals surface area (Å²) < 4.78 is 0. The predicted octanol–water partition coefficient (Wildman–Crippen LogP) is 1.77. The Morgan fingerprint density at radius 3 is 2.85 bits per heavy atom. The molecule has 0 aliphatic carbocycles. The summed E-state index contributed by atoms with van der Waals surface area (Å²) in [4.78, 5) is 2.52. The van der Waals surface area contributed by atoms with Crippen LogP contribution >= 0.6 is 0 Å². The highest BCUT2D eigenvalue weighted by Gasteiger charge is 2.09. The van der Waals surface area contributed by atoms with Crippen LogP contribution in [0.25, 0.3) is 0 Å². The fourth-order valence-corrected chi connectivity index (χ4v) is 1.73. The van der Waals surface area contributed by atoms with Crippen LogP contribution in [0.1, 0.15) is 32.6 Å². The van der Waals surface area contributed by atoms with E-state index in [0.29, 0.717) is 0 Å². The molecular formula is C11H22N2. The van der Waals surface area contributed by atoms with Gasteiger partial charge in [-0.05, 0) is 19.4 Å². The molecule has 0 bridgehead atoms. The van der Waals surface area contributed by atoms with Crippen LogP contribution in [0.2, 0.25) is 0 Å². The van der Waals surface area contributed by atoms with Crippen molar-refractivity contribution in [3.8, 4) is 0 Å². The van der Waals surface area contributed by atoms with E-state index in [1.54, 1.807) is 0 Å². The lowest BCUT2D eigenvalue weighted by atomic mass is 10.1. The van der Waals surface area contributed by atoms with Crippen molar-refractivity contribution >= 4 is 0 Å². The highest BCUT2D eigenvalue weighted by atomic mass is 15.1. The summed E-state index contributed by atoms with van der Waals surface area (Å²) in [6.45, 7) is 6.61. The number of nitrogens with zero attached hydrogens (tertiary/aromatic N) is 1. The molecule has 76 valence electrons. The van der Waals surface area contributed by atoms with E-state index in [4.69, 9.17) is 5.73 Å². The predicted molar refractivity (Wildman–Crippen MR) is 57.7 cm³/mol. The van der Waals surface area contributed by atoms with E-state index in [-0.39, 0.29) is 0 Å². The second-order valence-corrected chi connectivity index (χ2v) is 3.82. The number of rotatable bonds is 5. The van der Waals surface area contributed by atoms with Crippen molar-refractivity contribution in [2.45, 2.75) is 32.6 Å². The van der Waals surface area contributed by atoms with Gasteiger partial charge in [-0.3, -0.25) is 4.90 Å². The summed E-state index contributed by atoms with van der Waals surface area (Å²) in [6.07, 6.45) is 7.52. The van der Waals surface area contributed by atoms with Gasteiger partial charge in [-0.2, -0.15) is 0 Å². The van der Waals surface area contributed by atoms with Crippen molar-refractivity contribution in [1.29, 1.82) is 0 Å². The van der Waals surface area contributed by atoms with Crippen LogP contribution in [0, 0.1) is 0 Å². The highest BCUT2D eigenvalue weighted by molar-refractivity contribution is 5.08.